The van der Waals surface area contributed by atoms with E-state index in [2.05, 4.69) is 23.5 Å². The van der Waals surface area contributed by atoms with Crippen molar-refractivity contribution in [2.24, 2.45) is 5.92 Å². The maximum atomic E-state index is 12.4. The Morgan fingerprint density at radius 3 is 2.71 bits per heavy atom. The van der Waals surface area contributed by atoms with E-state index in [0.717, 1.165) is 18.7 Å². The number of fused-ring (bicyclic) bond motifs is 1. The third-order valence-corrected chi connectivity index (χ3v) is 5.16. The molecule has 0 bridgehead atoms. The standard InChI is InChI=1S/C18H26N2O/c1-19-16(14-7-3-2-4-8-14)13-20-17-10-6-5-9-15(17)11-12-18(20)21/h5-6,9-10,14,16,19H,2-4,7-8,11-13H2,1H3. The quantitative estimate of drug-likeness (QED) is 0.922. The van der Waals surface area contributed by atoms with Crippen molar-refractivity contribution < 1.29 is 4.79 Å². The average Bonchev–Trinajstić information content (AvgIpc) is 2.55. The van der Waals surface area contributed by atoms with Crippen molar-refractivity contribution in [1.29, 1.82) is 0 Å². The lowest BCUT2D eigenvalue weighted by Crippen LogP contribution is -2.48. The fourth-order valence-corrected chi connectivity index (χ4v) is 3.91. The van der Waals surface area contributed by atoms with Crippen LogP contribution in [0.25, 0.3) is 0 Å². The molecule has 1 atom stereocenters. The summed E-state index contributed by atoms with van der Waals surface area (Å²) in [5.74, 6) is 0.996. The first-order chi connectivity index (χ1) is 10.3. The Labute approximate surface area is 127 Å². The molecule has 114 valence electrons. The van der Waals surface area contributed by atoms with Gasteiger partial charge in [0, 0.05) is 24.7 Å². The van der Waals surface area contributed by atoms with E-state index in [1.54, 1.807) is 0 Å². The Kier molecular flexibility index (Phi) is 4.59. The molecule has 1 aromatic carbocycles. The van der Waals surface area contributed by atoms with Gasteiger partial charge in [-0.15, -0.1) is 0 Å². The Morgan fingerprint density at radius 2 is 1.95 bits per heavy atom. The highest BCUT2D eigenvalue weighted by Gasteiger charge is 2.29. The monoisotopic (exact) mass is 286 g/mol. The van der Waals surface area contributed by atoms with Crippen LogP contribution in [0.4, 0.5) is 5.69 Å². The second-order valence-electron chi connectivity index (χ2n) is 6.43. The van der Waals surface area contributed by atoms with Crippen molar-refractivity contribution in [1.82, 2.24) is 5.32 Å². The number of anilines is 1. The SMILES string of the molecule is CNC(CN1C(=O)CCc2ccccc21)C1CCCCC1. The number of carbonyl (C=O) groups excluding carboxylic acids is 1. The minimum Gasteiger partial charge on any atom is -0.315 e. The lowest BCUT2D eigenvalue weighted by Gasteiger charge is -2.36. The number of nitrogens with zero attached hydrogens (tertiary/aromatic N) is 1. The summed E-state index contributed by atoms with van der Waals surface area (Å²) in [6.07, 6.45) is 8.20. The minimum atomic E-state index is 0.282. The number of nitrogens with one attached hydrogen (secondary N) is 1. The van der Waals surface area contributed by atoms with E-state index < -0.39 is 0 Å². The van der Waals surface area contributed by atoms with E-state index in [1.807, 2.05) is 18.0 Å². The number of para-hydroxylation sites is 1. The molecule has 0 aromatic heterocycles. The molecule has 21 heavy (non-hydrogen) atoms. The number of benzene rings is 1. The van der Waals surface area contributed by atoms with Crippen LogP contribution in [-0.2, 0) is 11.2 Å². The van der Waals surface area contributed by atoms with Crippen LogP contribution >= 0.6 is 0 Å². The molecule has 1 N–H and O–H groups in total. The number of amides is 1. The second kappa shape index (κ2) is 6.61. The molecular weight excluding hydrogens is 260 g/mol. The van der Waals surface area contributed by atoms with Gasteiger partial charge in [-0.1, -0.05) is 37.5 Å². The summed E-state index contributed by atoms with van der Waals surface area (Å²) in [6, 6.07) is 8.78. The highest BCUT2D eigenvalue weighted by molar-refractivity contribution is 5.96. The van der Waals surface area contributed by atoms with Gasteiger partial charge < -0.3 is 10.2 Å². The van der Waals surface area contributed by atoms with Crippen LogP contribution in [0, 0.1) is 5.92 Å². The Bertz CT molecular complexity index is 494. The molecular formula is C18H26N2O. The first-order valence-electron chi connectivity index (χ1n) is 8.35. The van der Waals surface area contributed by atoms with Gasteiger partial charge in [-0.05, 0) is 43.9 Å². The molecule has 1 saturated carbocycles. The van der Waals surface area contributed by atoms with E-state index >= 15 is 0 Å². The van der Waals surface area contributed by atoms with Gasteiger partial charge in [0.2, 0.25) is 5.91 Å². The van der Waals surface area contributed by atoms with Crippen molar-refractivity contribution in [2.45, 2.75) is 51.0 Å². The molecule has 3 rings (SSSR count). The average molecular weight is 286 g/mol. The van der Waals surface area contributed by atoms with E-state index in [4.69, 9.17) is 0 Å². The predicted octanol–water partition coefficient (Wildman–Crippen LogP) is 3.13. The van der Waals surface area contributed by atoms with E-state index in [9.17, 15) is 4.79 Å². The van der Waals surface area contributed by atoms with Gasteiger partial charge >= 0.3 is 0 Å². The van der Waals surface area contributed by atoms with Crippen LogP contribution in [0.1, 0.15) is 44.1 Å². The number of rotatable bonds is 4. The summed E-state index contributed by atoms with van der Waals surface area (Å²) in [6.45, 7) is 0.816. The van der Waals surface area contributed by atoms with E-state index in [0.29, 0.717) is 18.4 Å². The molecule has 1 unspecified atom stereocenters. The van der Waals surface area contributed by atoms with Gasteiger partial charge in [0.05, 0.1) is 0 Å². The number of likely N-dealkylation sites (N-methyl/N-ethyl adjacent to an activating group) is 1. The van der Waals surface area contributed by atoms with Gasteiger partial charge in [0.1, 0.15) is 0 Å². The first kappa shape index (κ1) is 14.6. The fourth-order valence-electron chi connectivity index (χ4n) is 3.91. The Hall–Kier alpha value is -1.35. The van der Waals surface area contributed by atoms with Crippen LogP contribution in [-0.4, -0.2) is 25.5 Å². The maximum Gasteiger partial charge on any atom is 0.227 e. The number of hydrogen-bond donors (Lipinski definition) is 1. The zero-order valence-corrected chi connectivity index (χ0v) is 13.0. The Balaban J connectivity index is 1.77. The van der Waals surface area contributed by atoms with Crippen LogP contribution in [0.2, 0.25) is 0 Å². The van der Waals surface area contributed by atoms with E-state index in [-0.39, 0.29) is 5.91 Å². The molecule has 1 amide bonds. The van der Waals surface area contributed by atoms with Gasteiger partial charge in [0.15, 0.2) is 0 Å². The molecule has 0 spiro atoms. The van der Waals surface area contributed by atoms with Crippen molar-refractivity contribution in [3.8, 4) is 0 Å². The molecule has 0 radical (unpaired) electrons. The molecule has 1 heterocycles. The van der Waals surface area contributed by atoms with Gasteiger partial charge in [0.25, 0.3) is 0 Å². The van der Waals surface area contributed by atoms with E-state index in [1.165, 1.54) is 37.7 Å². The summed E-state index contributed by atoms with van der Waals surface area (Å²) < 4.78 is 0. The smallest absolute Gasteiger partial charge is 0.227 e. The van der Waals surface area contributed by atoms with Gasteiger partial charge in [-0.2, -0.15) is 0 Å². The van der Waals surface area contributed by atoms with Gasteiger partial charge in [-0.25, -0.2) is 0 Å². The molecule has 1 aromatic rings. The maximum absolute atomic E-state index is 12.4. The zero-order chi connectivity index (χ0) is 14.7. The van der Waals surface area contributed by atoms with Crippen molar-refractivity contribution in [3.63, 3.8) is 0 Å². The normalized spacial score (nSPS) is 21.2. The third kappa shape index (κ3) is 3.13. The summed E-state index contributed by atoms with van der Waals surface area (Å²) in [4.78, 5) is 14.4. The molecule has 3 heteroatoms. The van der Waals surface area contributed by atoms with Crippen LogP contribution in [0.5, 0.6) is 0 Å². The summed E-state index contributed by atoms with van der Waals surface area (Å²) in [5, 5.41) is 3.48. The minimum absolute atomic E-state index is 0.282. The Morgan fingerprint density at radius 1 is 1.19 bits per heavy atom. The summed E-state index contributed by atoms with van der Waals surface area (Å²) >= 11 is 0. The van der Waals surface area contributed by atoms with Crippen molar-refractivity contribution in [3.05, 3.63) is 29.8 Å². The summed E-state index contributed by atoms with van der Waals surface area (Å²) in [7, 11) is 2.04. The highest BCUT2D eigenvalue weighted by Crippen LogP contribution is 2.31. The lowest BCUT2D eigenvalue weighted by atomic mass is 9.83. The van der Waals surface area contributed by atoms with Crippen molar-refractivity contribution in [2.75, 3.05) is 18.5 Å². The zero-order valence-electron chi connectivity index (χ0n) is 13.0. The number of aryl methyl sites for hydroxylation is 1. The largest absolute Gasteiger partial charge is 0.315 e. The topological polar surface area (TPSA) is 32.3 Å². The summed E-state index contributed by atoms with van der Waals surface area (Å²) in [5.41, 5.74) is 2.44. The molecule has 0 saturated heterocycles. The predicted molar refractivity (Wildman–Crippen MR) is 86.5 cm³/mol. The molecule has 1 aliphatic carbocycles. The molecule has 3 nitrogen and oxygen atoms in total. The first-order valence-corrected chi connectivity index (χ1v) is 8.35. The number of hydrogen-bond acceptors (Lipinski definition) is 2. The van der Waals surface area contributed by atoms with Crippen molar-refractivity contribution >= 4 is 11.6 Å². The second-order valence-corrected chi connectivity index (χ2v) is 6.43. The van der Waals surface area contributed by atoms with Gasteiger partial charge in [-0.3, -0.25) is 4.79 Å². The third-order valence-electron chi connectivity index (χ3n) is 5.16. The van der Waals surface area contributed by atoms with Crippen LogP contribution < -0.4 is 10.2 Å². The lowest BCUT2D eigenvalue weighted by molar-refractivity contribution is -0.119. The number of carbonyl (C=O) groups is 1. The molecule has 1 fully saturated rings. The van der Waals surface area contributed by atoms with Crippen LogP contribution in [0.15, 0.2) is 24.3 Å². The van der Waals surface area contributed by atoms with Crippen LogP contribution in [0.3, 0.4) is 0 Å². The fraction of sp³-hybridized carbons (Fsp3) is 0.611. The highest BCUT2D eigenvalue weighted by atomic mass is 16.2. The molecule has 2 aliphatic rings. The molecule has 1 aliphatic heterocycles.